The molecule has 1 aliphatic rings. The molecule has 2 aromatic rings. The molecule has 3 rings (SSSR count). The number of thiazole rings is 1. The molecule has 20 heavy (non-hydrogen) atoms. The van der Waals surface area contributed by atoms with E-state index in [1.807, 2.05) is 30.6 Å². The molecule has 1 aliphatic carbocycles. The number of aromatic nitrogens is 1. The van der Waals surface area contributed by atoms with Crippen molar-refractivity contribution in [1.29, 1.82) is 0 Å². The van der Waals surface area contributed by atoms with Crippen molar-refractivity contribution in [3.8, 4) is 5.75 Å². The van der Waals surface area contributed by atoms with Gasteiger partial charge in [0.2, 0.25) is 0 Å². The summed E-state index contributed by atoms with van der Waals surface area (Å²) in [5.74, 6) is 0.934. The smallest absolute Gasteiger partial charge is 0.122 e. The van der Waals surface area contributed by atoms with Gasteiger partial charge in [0.25, 0.3) is 0 Å². The van der Waals surface area contributed by atoms with E-state index in [1.165, 1.54) is 10.4 Å². The number of hydrogen-bond donors (Lipinski definition) is 1. The highest BCUT2D eigenvalue weighted by Crippen LogP contribution is 2.35. The van der Waals surface area contributed by atoms with Gasteiger partial charge >= 0.3 is 0 Å². The van der Waals surface area contributed by atoms with Crippen LogP contribution >= 0.6 is 11.3 Å². The molecule has 0 bridgehead atoms. The first kappa shape index (κ1) is 13.6. The largest absolute Gasteiger partial charge is 0.493 e. The average Bonchev–Trinajstić information content (AvgIpc) is 2.86. The van der Waals surface area contributed by atoms with Crippen molar-refractivity contribution in [3.05, 3.63) is 45.4 Å². The summed E-state index contributed by atoms with van der Waals surface area (Å²) in [5, 5.41) is 10.0. The predicted molar refractivity (Wildman–Crippen MR) is 80.4 cm³/mol. The monoisotopic (exact) mass is 289 g/mol. The summed E-state index contributed by atoms with van der Waals surface area (Å²) in [6.07, 6.45) is 3.45. The van der Waals surface area contributed by atoms with Crippen LogP contribution in [-0.2, 0) is 12.8 Å². The normalized spacial score (nSPS) is 17.8. The van der Waals surface area contributed by atoms with E-state index >= 15 is 0 Å². The molecule has 4 heteroatoms. The van der Waals surface area contributed by atoms with Crippen molar-refractivity contribution in [2.24, 2.45) is 0 Å². The highest BCUT2D eigenvalue weighted by Gasteiger charge is 2.20. The molecular weight excluding hydrogens is 270 g/mol. The summed E-state index contributed by atoms with van der Waals surface area (Å²) in [7, 11) is 0. The van der Waals surface area contributed by atoms with Gasteiger partial charge in [0, 0.05) is 11.3 Å². The fraction of sp³-hybridized carbons (Fsp3) is 0.438. The predicted octanol–water partition coefficient (Wildman–Crippen LogP) is 3.44. The maximum Gasteiger partial charge on any atom is 0.122 e. The zero-order chi connectivity index (χ0) is 13.9. The lowest BCUT2D eigenvalue weighted by molar-refractivity contribution is 0.155. The van der Waals surface area contributed by atoms with Crippen LogP contribution in [-0.4, -0.2) is 16.7 Å². The van der Waals surface area contributed by atoms with Crippen molar-refractivity contribution >= 4 is 11.3 Å². The van der Waals surface area contributed by atoms with Crippen LogP contribution in [0.2, 0.25) is 0 Å². The summed E-state index contributed by atoms with van der Waals surface area (Å²) in [6, 6.07) is 6.00. The molecule has 1 N–H and O–H groups in total. The minimum Gasteiger partial charge on any atom is -0.493 e. The average molecular weight is 289 g/mol. The summed E-state index contributed by atoms with van der Waals surface area (Å²) in [4.78, 5) is 5.54. The fourth-order valence-electron chi connectivity index (χ4n) is 2.75. The van der Waals surface area contributed by atoms with Crippen LogP contribution in [0.15, 0.2) is 23.7 Å². The fourth-order valence-corrected chi connectivity index (χ4v) is 3.51. The van der Waals surface area contributed by atoms with Gasteiger partial charge in [-0.2, -0.15) is 0 Å². The molecule has 0 radical (unpaired) electrons. The zero-order valence-electron chi connectivity index (χ0n) is 11.6. The molecular formula is C16H19NO2S. The van der Waals surface area contributed by atoms with E-state index in [0.717, 1.165) is 42.7 Å². The van der Waals surface area contributed by atoms with Gasteiger partial charge in [-0.25, -0.2) is 4.98 Å². The lowest BCUT2D eigenvalue weighted by Crippen LogP contribution is -2.12. The molecule has 0 saturated heterocycles. The Hall–Kier alpha value is -1.39. The number of hydrogen-bond acceptors (Lipinski definition) is 4. The Morgan fingerprint density at radius 2 is 2.35 bits per heavy atom. The van der Waals surface area contributed by atoms with Crippen LogP contribution in [0.25, 0.3) is 0 Å². The standard InChI is InChI=1S/C16H19NO2S/c1-11-16(20-10-17-11)8-9-19-15-7-3-4-12-13(15)5-2-6-14(12)18/h3-4,7,10,14,18H,2,5-6,8-9H2,1H3. The van der Waals surface area contributed by atoms with Gasteiger partial charge in [0.05, 0.1) is 23.9 Å². The number of aryl methyl sites for hydroxylation is 1. The molecule has 0 fully saturated rings. The first-order valence-corrected chi connectivity index (χ1v) is 7.95. The topological polar surface area (TPSA) is 42.4 Å². The molecule has 0 aliphatic heterocycles. The molecule has 3 nitrogen and oxygen atoms in total. The van der Waals surface area contributed by atoms with Gasteiger partial charge in [-0.3, -0.25) is 0 Å². The van der Waals surface area contributed by atoms with E-state index in [9.17, 15) is 5.11 Å². The molecule has 1 heterocycles. The molecule has 1 unspecified atom stereocenters. The Bertz CT molecular complexity index is 594. The first-order valence-electron chi connectivity index (χ1n) is 7.07. The third-order valence-corrected chi connectivity index (χ3v) is 4.86. The third kappa shape index (κ3) is 2.72. The van der Waals surface area contributed by atoms with Crippen LogP contribution < -0.4 is 4.74 Å². The molecule has 1 aromatic carbocycles. The Morgan fingerprint density at radius 3 is 3.15 bits per heavy atom. The zero-order valence-corrected chi connectivity index (χ0v) is 12.4. The summed E-state index contributed by atoms with van der Waals surface area (Å²) >= 11 is 1.68. The van der Waals surface area contributed by atoms with Gasteiger partial charge in [-0.15, -0.1) is 11.3 Å². The number of aliphatic hydroxyl groups is 1. The maximum atomic E-state index is 10.0. The van der Waals surface area contributed by atoms with Gasteiger partial charge in [0.1, 0.15) is 5.75 Å². The molecule has 1 atom stereocenters. The summed E-state index contributed by atoms with van der Waals surface area (Å²) in [5.41, 5.74) is 5.21. The Kier molecular flexibility index (Phi) is 4.03. The Labute approximate surface area is 123 Å². The number of nitrogens with zero attached hydrogens (tertiary/aromatic N) is 1. The minimum atomic E-state index is -0.328. The van der Waals surface area contributed by atoms with Crippen LogP contribution in [0.1, 0.15) is 40.6 Å². The number of fused-ring (bicyclic) bond motifs is 1. The first-order chi connectivity index (χ1) is 9.75. The Balaban J connectivity index is 1.69. The number of ether oxygens (including phenoxy) is 1. The second kappa shape index (κ2) is 5.94. The van der Waals surface area contributed by atoms with Gasteiger partial charge in [0.15, 0.2) is 0 Å². The number of benzene rings is 1. The van der Waals surface area contributed by atoms with Gasteiger partial charge in [-0.05, 0) is 43.4 Å². The molecule has 0 saturated carbocycles. The van der Waals surface area contributed by atoms with Crippen LogP contribution in [0.3, 0.4) is 0 Å². The Morgan fingerprint density at radius 1 is 1.45 bits per heavy atom. The van der Waals surface area contributed by atoms with Crippen LogP contribution in [0, 0.1) is 6.92 Å². The van der Waals surface area contributed by atoms with Crippen molar-refractivity contribution in [1.82, 2.24) is 4.98 Å². The lowest BCUT2D eigenvalue weighted by Gasteiger charge is -2.23. The highest BCUT2D eigenvalue weighted by atomic mass is 32.1. The van der Waals surface area contributed by atoms with E-state index in [-0.39, 0.29) is 6.10 Å². The van der Waals surface area contributed by atoms with Crippen LogP contribution in [0.4, 0.5) is 0 Å². The summed E-state index contributed by atoms with van der Waals surface area (Å²) < 4.78 is 5.95. The van der Waals surface area contributed by atoms with E-state index in [4.69, 9.17) is 4.74 Å². The minimum absolute atomic E-state index is 0.328. The lowest BCUT2D eigenvalue weighted by atomic mass is 9.89. The van der Waals surface area contributed by atoms with Crippen LogP contribution in [0.5, 0.6) is 5.75 Å². The van der Waals surface area contributed by atoms with E-state index in [1.54, 1.807) is 11.3 Å². The van der Waals surface area contributed by atoms with Crippen molar-refractivity contribution < 1.29 is 9.84 Å². The van der Waals surface area contributed by atoms with Gasteiger partial charge < -0.3 is 9.84 Å². The molecule has 0 spiro atoms. The maximum absolute atomic E-state index is 10.0. The van der Waals surface area contributed by atoms with Gasteiger partial charge in [-0.1, -0.05) is 12.1 Å². The number of rotatable bonds is 4. The third-order valence-electron chi connectivity index (χ3n) is 3.86. The SMILES string of the molecule is Cc1ncsc1CCOc1cccc2c1CCCC2O. The van der Waals surface area contributed by atoms with Crippen molar-refractivity contribution in [2.45, 2.75) is 38.7 Å². The van der Waals surface area contributed by atoms with E-state index in [0.29, 0.717) is 6.61 Å². The second-order valence-corrected chi connectivity index (χ2v) is 6.13. The number of aliphatic hydroxyl groups excluding tert-OH is 1. The molecule has 0 amide bonds. The summed E-state index contributed by atoms with van der Waals surface area (Å²) in [6.45, 7) is 2.70. The van der Waals surface area contributed by atoms with E-state index < -0.39 is 0 Å². The molecule has 1 aromatic heterocycles. The van der Waals surface area contributed by atoms with E-state index in [2.05, 4.69) is 4.98 Å². The highest BCUT2D eigenvalue weighted by molar-refractivity contribution is 7.09. The second-order valence-electron chi connectivity index (χ2n) is 5.19. The quantitative estimate of drug-likeness (QED) is 0.937. The van der Waals surface area contributed by atoms with Crippen molar-refractivity contribution in [2.75, 3.05) is 6.61 Å². The molecule has 106 valence electrons. The van der Waals surface area contributed by atoms with Crippen molar-refractivity contribution in [3.63, 3.8) is 0 Å².